The van der Waals surface area contributed by atoms with Crippen molar-refractivity contribution in [1.82, 2.24) is 0 Å². The molecule has 0 aromatic heterocycles. The molecule has 0 bridgehead atoms. The smallest absolute Gasteiger partial charge is 0.175 e. The van der Waals surface area contributed by atoms with Crippen LogP contribution < -0.4 is 15.4 Å². The van der Waals surface area contributed by atoms with Crippen LogP contribution in [-0.2, 0) is 6.61 Å². The number of hydrogen-bond donors (Lipinski definition) is 2. The van der Waals surface area contributed by atoms with Crippen molar-refractivity contribution in [3.05, 3.63) is 89.5 Å². The topological polar surface area (TPSA) is 33.3 Å². The van der Waals surface area contributed by atoms with Crippen LogP contribution in [0.25, 0.3) is 0 Å². The Labute approximate surface area is 160 Å². The molecule has 3 nitrogen and oxygen atoms in total. The Hall–Kier alpha value is -2.85. The van der Waals surface area contributed by atoms with Crippen molar-refractivity contribution in [2.75, 3.05) is 10.6 Å². The van der Waals surface area contributed by atoms with E-state index in [4.69, 9.17) is 17.0 Å². The van der Waals surface area contributed by atoms with Crippen molar-refractivity contribution in [3.8, 4) is 5.75 Å². The molecule has 0 atom stereocenters. The highest BCUT2D eigenvalue weighted by Crippen LogP contribution is 2.18. The van der Waals surface area contributed by atoms with E-state index in [1.54, 1.807) is 0 Å². The molecule has 0 radical (unpaired) electrons. The Morgan fingerprint density at radius 2 is 1.42 bits per heavy atom. The van der Waals surface area contributed by atoms with Crippen LogP contribution in [0.15, 0.2) is 72.8 Å². The molecule has 26 heavy (non-hydrogen) atoms. The van der Waals surface area contributed by atoms with Crippen LogP contribution in [-0.4, -0.2) is 5.11 Å². The predicted octanol–water partition coefficient (Wildman–Crippen LogP) is 5.69. The fourth-order valence-corrected chi connectivity index (χ4v) is 2.95. The lowest BCUT2D eigenvalue weighted by Gasteiger charge is -2.12. The third-order valence-corrected chi connectivity index (χ3v) is 4.04. The second-order valence-corrected chi connectivity index (χ2v) is 6.66. The molecule has 3 aromatic rings. The zero-order valence-electron chi connectivity index (χ0n) is 15.0. The summed E-state index contributed by atoms with van der Waals surface area (Å²) in [5.41, 5.74) is 5.46. The quantitative estimate of drug-likeness (QED) is 0.571. The van der Waals surface area contributed by atoms with E-state index in [1.165, 1.54) is 11.1 Å². The minimum atomic E-state index is 0.556. The highest BCUT2D eigenvalue weighted by molar-refractivity contribution is 7.80. The van der Waals surface area contributed by atoms with Crippen molar-refractivity contribution in [3.63, 3.8) is 0 Å². The first kappa shape index (κ1) is 18.0. The molecular weight excluding hydrogens is 340 g/mol. The fourth-order valence-electron chi connectivity index (χ4n) is 2.72. The largest absolute Gasteiger partial charge is 0.489 e. The predicted molar refractivity (Wildman–Crippen MR) is 113 cm³/mol. The normalized spacial score (nSPS) is 10.2. The van der Waals surface area contributed by atoms with Crippen molar-refractivity contribution >= 4 is 28.7 Å². The molecule has 0 fully saturated rings. The van der Waals surface area contributed by atoms with Crippen LogP contribution >= 0.6 is 12.2 Å². The van der Waals surface area contributed by atoms with Gasteiger partial charge in [0.1, 0.15) is 12.4 Å². The number of benzene rings is 3. The third kappa shape index (κ3) is 5.33. The van der Waals surface area contributed by atoms with E-state index in [0.717, 1.165) is 22.7 Å². The van der Waals surface area contributed by atoms with E-state index in [2.05, 4.69) is 42.7 Å². The van der Waals surface area contributed by atoms with Crippen molar-refractivity contribution < 1.29 is 4.74 Å². The van der Waals surface area contributed by atoms with E-state index < -0.39 is 0 Å². The summed E-state index contributed by atoms with van der Waals surface area (Å²) in [4.78, 5) is 0. The van der Waals surface area contributed by atoms with Crippen molar-refractivity contribution in [2.45, 2.75) is 20.5 Å². The lowest BCUT2D eigenvalue weighted by atomic mass is 10.1. The Bertz CT molecular complexity index is 856. The Morgan fingerprint density at radius 1 is 0.808 bits per heavy atom. The van der Waals surface area contributed by atoms with Crippen LogP contribution in [0, 0.1) is 13.8 Å². The van der Waals surface area contributed by atoms with Gasteiger partial charge in [-0.3, -0.25) is 0 Å². The molecule has 132 valence electrons. The summed E-state index contributed by atoms with van der Waals surface area (Å²) in [7, 11) is 0. The fraction of sp³-hybridized carbons (Fsp3) is 0.136. The van der Waals surface area contributed by atoms with E-state index in [1.807, 2.05) is 54.6 Å². The van der Waals surface area contributed by atoms with Gasteiger partial charge in [0.05, 0.1) is 0 Å². The van der Waals surface area contributed by atoms with Gasteiger partial charge in [0, 0.05) is 11.4 Å². The second kappa shape index (κ2) is 8.50. The molecule has 0 heterocycles. The lowest BCUT2D eigenvalue weighted by molar-refractivity contribution is 0.306. The first-order chi connectivity index (χ1) is 12.6. The minimum absolute atomic E-state index is 0.556. The lowest BCUT2D eigenvalue weighted by Crippen LogP contribution is -2.19. The number of anilines is 2. The zero-order chi connectivity index (χ0) is 18.4. The van der Waals surface area contributed by atoms with Crippen LogP contribution in [0.2, 0.25) is 0 Å². The summed E-state index contributed by atoms with van der Waals surface area (Å²) >= 11 is 5.40. The molecule has 0 amide bonds. The molecule has 3 aromatic carbocycles. The molecule has 0 saturated carbocycles. The first-order valence-electron chi connectivity index (χ1n) is 8.51. The van der Waals surface area contributed by atoms with Crippen LogP contribution in [0.1, 0.15) is 16.7 Å². The number of aryl methyl sites for hydroxylation is 2. The monoisotopic (exact) mass is 362 g/mol. The number of thiocarbonyl (C=S) groups is 1. The molecule has 3 rings (SSSR count). The average Bonchev–Trinajstić information content (AvgIpc) is 2.61. The van der Waals surface area contributed by atoms with Crippen molar-refractivity contribution in [1.29, 1.82) is 0 Å². The number of hydrogen-bond acceptors (Lipinski definition) is 2. The molecule has 4 heteroatoms. The van der Waals surface area contributed by atoms with Gasteiger partial charge < -0.3 is 15.4 Å². The summed E-state index contributed by atoms with van der Waals surface area (Å²) in [6, 6.07) is 24.2. The van der Waals surface area contributed by atoms with Gasteiger partial charge in [-0.2, -0.15) is 0 Å². The van der Waals surface area contributed by atoms with Gasteiger partial charge in [0.25, 0.3) is 0 Å². The highest BCUT2D eigenvalue weighted by Gasteiger charge is 2.02. The van der Waals surface area contributed by atoms with Crippen molar-refractivity contribution in [2.24, 2.45) is 0 Å². The first-order valence-corrected chi connectivity index (χ1v) is 8.92. The Kier molecular flexibility index (Phi) is 5.87. The Morgan fingerprint density at radius 3 is 2.08 bits per heavy atom. The Balaban J connectivity index is 1.54. The number of nitrogens with one attached hydrogen (secondary N) is 2. The SMILES string of the molecule is Cc1cc(C)cc(NC(=S)Nc2ccc(OCc3ccccc3)cc2)c1. The van der Waals surface area contributed by atoms with Crippen LogP contribution in [0.5, 0.6) is 5.75 Å². The molecule has 0 spiro atoms. The van der Waals surface area contributed by atoms with Crippen LogP contribution in [0.3, 0.4) is 0 Å². The summed E-state index contributed by atoms with van der Waals surface area (Å²) < 4.78 is 5.80. The van der Waals surface area contributed by atoms with Crippen LogP contribution in [0.4, 0.5) is 11.4 Å². The molecule has 0 saturated heterocycles. The summed E-state index contributed by atoms with van der Waals surface area (Å²) in [5.74, 6) is 0.826. The van der Waals surface area contributed by atoms with Gasteiger partial charge >= 0.3 is 0 Å². The highest BCUT2D eigenvalue weighted by atomic mass is 32.1. The number of ether oxygens (including phenoxy) is 1. The van der Waals surface area contributed by atoms with Gasteiger partial charge in [-0.05, 0) is 79.2 Å². The van der Waals surface area contributed by atoms with Gasteiger partial charge in [0.15, 0.2) is 5.11 Å². The molecule has 0 aliphatic rings. The van der Waals surface area contributed by atoms with Gasteiger partial charge in [-0.25, -0.2) is 0 Å². The molecule has 2 N–H and O–H groups in total. The summed E-state index contributed by atoms with van der Waals surface area (Å²) in [6.45, 7) is 4.70. The van der Waals surface area contributed by atoms with E-state index in [9.17, 15) is 0 Å². The average molecular weight is 362 g/mol. The maximum absolute atomic E-state index is 5.80. The molecule has 0 aliphatic heterocycles. The zero-order valence-corrected chi connectivity index (χ0v) is 15.8. The summed E-state index contributed by atoms with van der Waals surface area (Å²) in [6.07, 6.45) is 0. The third-order valence-electron chi connectivity index (χ3n) is 3.84. The van der Waals surface area contributed by atoms with E-state index in [-0.39, 0.29) is 0 Å². The number of rotatable bonds is 5. The van der Waals surface area contributed by atoms with E-state index in [0.29, 0.717) is 11.7 Å². The standard InChI is InChI=1S/C22H22N2OS/c1-16-12-17(2)14-20(13-16)24-22(26)23-19-8-10-21(11-9-19)25-15-18-6-4-3-5-7-18/h3-14H,15H2,1-2H3,(H2,23,24,26). The summed E-state index contributed by atoms with van der Waals surface area (Å²) in [5, 5.41) is 6.98. The van der Waals surface area contributed by atoms with Gasteiger partial charge in [0.2, 0.25) is 0 Å². The maximum Gasteiger partial charge on any atom is 0.175 e. The molecule has 0 aliphatic carbocycles. The van der Waals surface area contributed by atoms with Gasteiger partial charge in [-0.15, -0.1) is 0 Å². The molecular formula is C22H22N2OS. The second-order valence-electron chi connectivity index (χ2n) is 6.25. The maximum atomic E-state index is 5.80. The minimum Gasteiger partial charge on any atom is -0.489 e. The van der Waals surface area contributed by atoms with Gasteiger partial charge in [-0.1, -0.05) is 36.4 Å². The van der Waals surface area contributed by atoms with E-state index >= 15 is 0 Å². The molecule has 0 unspecified atom stereocenters.